The van der Waals surface area contributed by atoms with Crippen molar-refractivity contribution in [3.8, 4) is 23.0 Å². The monoisotopic (exact) mass is 932 g/mol. The molecule has 0 spiro atoms. The maximum Gasteiger partial charge on any atom is 0.161 e. The summed E-state index contributed by atoms with van der Waals surface area (Å²) >= 11 is 0. The largest absolute Gasteiger partial charge is 0.487 e. The quantitative estimate of drug-likeness (QED) is 0.0941. The predicted molar refractivity (Wildman–Crippen MR) is 249 cm³/mol. The molecule has 2 aromatic carbocycles. The second-order valence-electron chi connectivity index (χ2n) is 15.4. The van der Waals surface area contributed by atoms with E-state index in [1.165, 1.54) is 0 Å². The van der Waals surface area contributed by atoms with Gasteiger partial charge >= 0.3 is 0 Å². The molecule has 16 heteroatoms. The first-order valence-corrected chi connectivity index (χ1v) is 22.8. The lowest BCUT2D eigenvalue weighted by molar-refractivity contribution is 0.0221. The molecule has 1 aliphatic rings. The third-order valence-electron chi connectivity index (χ3n) is 10.3. The second kappa shape index (κ2) is 29.6. The van der Waals surface area contributed by atoms with E-state index in [0.717, 1.165) is 44.5 Å². The predicted octanol–water partition coefficient (Wildman–Crippen LogP) is 7.43. The van der Waals surface area contributed by atoms with Crippen LogP contribution in [-0.4, -0.2) is 99.2 Å². The Morgan fingerprint density at radius 1 is 0.279 bits per heavy atom. The van der Waals surface area contributed by atoms with E-state index >= 15 is 0 Å². The minimum atomic E-state index is 0.282. The van der Waals surface area contributed by atoms with Crippen molar-refractivity contribution in [2.45, 2.75) is 52.9 Å². The number of fused-ring (bicyclic) bond motifs is 2. The van der Waals surface area contributed by atoms with Crippen LogP contribution in [0.25, 0.3) is 0 Å². The fourth-order valence-corrected chi connectivity index (χ4v) is 6.79. The molecule has 0 bridgehead atoms. The van der Waals surface area contributed by atoms with Gasteiger partial charge in [-0.05, 0) is 117 Å². The molecule has 16 nitrogen and oxygen atoms in total. The van der Waals surface area contributed by atoms with Crippen molar-refractivity contribution >= 4 is 0 Å². The van der Waals surface area contributed by atoms with Crippen LogP contribution in [0.4, 0.5) is 0 Å². The topological polar surface area (TPSA) is 162 Å². The summed E-state index contributed by atoms with van der Waals surface area (Å²) in [7, 11) is 0. The Hall–Kier alpha value is -6.08. The first-order valence-electron chi connectivity index (χ1n) is 22.8. The smallest absolute Gasteiger partial charge is 0.161 e. The van der Waals surface area contributed by atoms with E-state index in [4.69, 9.17) is 56.8 Å². The summed E-state index contributed by atoms with van der Waals surface area (Å²) in [5, 5.41) is 0. The van der Waals surface area contributed by atoms with Gasteiger partial charge in [0, 0.05) is 49.6 Å². The van der Waals surface area contributed by atoms with Crippen LogP contribution in [0, 0.1) is 0 Å². The van der Waals surface area contributed by atoms with Gasteiger partial charge in [-0.1, -0.05) is 0 Å². The second-order valence-corrected chi connectivity index (χ2v) is 15.4. The Kier molecular flexibility index (Phi) is 21.7. The van der Waals surface area contributed by atoms with Gasteiger partial charge in [-0.2, -0.15) is 0 Å². The number of hydrogen-bond acceptors (Lipinski definition) is 16. The molecular formula is C52H60N4O12. The van der Waals surface area contributed by atoms with Crippen LogP contribution in [0.3, 0.4) is 0 Å². The van der Waals surface area contributed by atoms with Gasteiger partial charge in [-0.25, -0.2) is 0 Å². The van der Waals surface area contributed by atoms with E-state index in [-0.39, 0.29) is 26.4 Å². The first-order chi connectivity index (χ1) is 33.8. The van der Waals surface area contributed by atoms with Gasteiger partial charge in [0.1, 0.15) is 26.4 Å². The molecule has 4 aromatic heterocycles. The molecular weight excluding hydrogens is 873 g/mol. The zero-order valence-corrected chi connectivity index (χ0v) is 38.4. The highest BCUT2D eigenvalue weighted by atomic mass is 16.6. The van der Waals surface area contributed by atoms with Crippen molar-refractivity contribution < 1.29 is 56.8 Å². The van der Waals surface area contributed by atoms with Gasteiger partial charge in [0.2, 0.25) is 0 Å². The Morgan fingerprint density at radius 2 is 0.485 bits per heavy atom. The van der Waals surface area contributed by atoms with E-state index in [1.807, 2.05) is 72.8 Å². The van der Waals surface area contributed by atoms with Crippen molar-refractivity contribution in [2.24, 2.45) is 0 Å². The van der Waals surface area contributed by atoms with Crippen molar-refractivity contribution in [1.29, 1.82) is 0 Å². The summed E-state index contributed by atoms with van der Waals surface area (Å²) in [5.41, 5.74) is 7.75. The lowest BCUT2D eigenvalue weighted by atomic mass is 10.1. The molecule has 7 rings (SSSR count). The van der Waals surface area contributed by atoms with Gasteiger partial charge in [0.05, 0.1) is 106 Å². The highest BCUT2D eigenvalue weighted by molar-refractivity contribution is 5.48. The zero-order chi connectivity index (χ0) is 46.5. The van der Waals surface area contributed by atoms with Crippen molar-refractivity contribution in [1.82, 2.24) is 19.9 Å². The maximum absolute atomic E-state index is 6.28. The molecule has 0 saturated carbocycles. The number of pyridine rings is 4. The molecule has 0 radical (unpaired) electrons. The highest BCUT2D eigenvalue weighted by Crippen LogP contribution is 2.34. The molecule has 0 aliphatic carbocycles. The summed E-state index contributed by atoms with van der Waals surface area (Å²) in [5.74, 6) is 2.25. The minimum Gasteiger partial charge on any atom is -0.487 e. The molecule has 0 atom stereocenters. The number of hydrogen-bond donors (Lipinski definition) is 0. The summed E-state index contributed by atoms with van der Waals surface area (Å²) < 4.78 is 73.4. The Bertz CT molecular complexity index is 1980. The molecule has 0 amide bonds. The van der Waals surface area contributed by atoms with Crippen molar-refractivity contribution in [3.63, 3.8) is 0 Å². The third kappa shape index (κ3) is 17.9. The van der Waals surface area contributed by atoms with E-state index in [2.05, 4.69) is 19.9 Å². The van der Waals surface area contributed by atoms with Gasteiger partial charge < -0.3 is 56.8 Å². The molecule has 68 heavy (non-hydrogen) atoms. The number of nitrogens with zero attached hydrogens (tertiary/aromatic N) is 4. The number of aromatic nitrogens is 4. The van der Waals surface area contributed by atoms with Crippen LogP contribution in [-0.2, 0) is 90.7 Å². The summed E-state index contributed by atoms with van der Waals surface area (Å²) in [6.07, 6.45) is 14.0. The lowest BCUT2D eigenvalue weighted by Gasteiger charge is -2.19. The van der Waals surface area contributed by atoms with Gasteiger partial charge in [0.15, 0.2) is 23.0 Å². The number of ether oxygens (including phenoxy) is 12. The summed E-state index contributed by atoms with van der Waals surface area (Å²) in [6, 6.07) is 23.3. The third-order valence-corrected chi connectivity index (χ3v) is 10.3. The van der Waals surface area contributed by atoms with Crippen LogP contribution in [0.5, 0.6) is 23.0 Å². The molecule has 0 fully saturated rings. The standard InChI is InChI=1S/C52H60N4O12/c1-9-53-10-2-41(1)33-61-37-45-29-49-50(30-46(45)38-62-34-42-3-11-54-12-4-42)66-26-22-58-19-20-60-24-28-68-52-32-48(40-64-36-44-7-15-56-16-8-44)47(39-63-35-43-5-13-55-14-6-43)31-51(52)67-27-23-59-18-17-57-21-25-65-49/h1-16,29-32H,17-28,33-40H2. The first kappa shape index (κ1) is 49.8. The van der Waals surface area contributed by atoms with E-state index < -0.39 is 0 Å². The Morgan fingerprint density at radius 3 is 0.706 bits per heavy atom. The molecule has 5 heterocycles. The summed E-state index contributed by atoms with van der Waals surface area (Å²) in [6.45, 7) is 6.95. The fourth-order valence-electron chi connectivity index (χ4n) is 6.79. The summed E-state index contributed by atoms with van der Waals surface area (Å²) in [4.78, 5) is 16.4. The molecule has 0 unspecified atom stereocenters. The molecule has 0 saturated heterocycles. The maximum atomic E-state index is 6.28. The van der Waals surface area contributed by atoms with Crippen LogP contribution in [0.1, 0.15) is 44.5 Å². The average Bonchev–Trinajstić information content (AvgIpc) is 3.37. The van der Waals surface area contributed by atoms with E-state index in [1.54, 1.807) is 49.6 Å². The van der Waals surface area contributed by atoms with Gasteiger partial charge in [-0.15, -0.1) is 0 Å². The zero-order valence-electron chi connectivity index (χ0n) is 38.4. The van der Waals surface area contributed by atoms with E-state index in [9.17, 15) is 0 Å². The molecule has 0 N–H and O–H groups in total. The average molecular weight is 933 g/mol. The molecule has 1 aliphatic heterocycles. The van der Waals surface area contributed by atoms with E-state index in [0.29, 0.717) is 129 Å². The molecule has 360 valence electrons. The van der Waals surface area contributed by atoms with Crippen LogP contribution in [0.15, 0.2) is 122 Å². The van der Waals surface area contributed by atoms with Crippen LogP contribution < -0.4 is 18.9 Å². The van der Waals surface area contributed by atoms with Gasteiger partial charge in [0.25, 0.3) is 0 Å². The van der Waals surface area contributed by atoms with Crippen LogP contribution >= 0.6 is 0 Å². The minimum absolute atomic E-state index is 0.282. The van der Waals surface area contributed by atoms with Crippen molar-refractivity contribution in [3.05, 3.63) is 167 Å². The Labute approximate surface area is 397 Å². The normalized spacial score (nSPS) is 14.7. The highest BCUT2D eigenvalue weighted by Gasteiger charge is 2.16. The van der Waals surface area contributed by atoms with Gasteiger partial charge in [-0.3, -0.25) is 19.9 Å². The molecule has 6 aromatic rings. The van der Waals surface area contributed by atoms with Crippen LogP contribution in [0.2, 0.25) is 0 Å². The lowest BCUT2D eigenvalue weighted by Crippen LogP contribution is -2.16. The SMILES string of the molecule is c1cc(COCc2cc3c(cc2COCc2ccncc2)OCCOCCOCCOc2cc(COCc4ccncc4)c(COCc4ccncc4)cc2OCCOCCOCCO3)ccn1. The number of rotatable bonds is 16. The number of benzene rings is 2. The fraction of sp³-hybridized carbons (Fsp3) is 0.385. The van der Waals surface area contributed by atoms with Crippen molar-refractivity contribution in [2.75, 3.05) is 79.3 Å². The Balaban J connectivity index is 0.970.